The zero-order valence-electron chi connectivity index (χ0n) is 9.45. The summed E-state index contributed by atoms with van der Waals surface area (Å²) in [6.07, 6.45) is 2.09. The van der Waals surface area contributed by atoms with Gasteiger partial charge in [0.15, 0.2) is 5.82 Å². The minimum Gasteiger partial charge on any atom is -0.463 e. The van der Waals surface area contributed by atoms with Crippen LogP contribution < -0.4 is 0 Å². The first-order valence-electron chi connectivity index (χ1n) is 5.02. The number of aromatic nitrogens is 5. The molecule has 0 fully saturated rings. The van der Waals surface area contributed by atoms with E-state index in [-0.39, 0.29) is 5.82 Å². The van der Waals surface area contributed by atoms with Crippen LogP contribution in [-0.4, -0.2) is 38.0 Å². The Kier molecular flexibility index (Phi) is 3.12. The number of ether oxygens (including phenoxy) is 1. The van der Waals surface area contributed by atoms with Gasteiger partial charge in [0.1, 0.15) is 12.9 Å². The van der Waals surface area contributed by atoms with E-state index in [4.69, 9.17) is 4.52 Å². The van der Waals surface area contributed by atoms with E-state index in [1.807, 2.05) is 6.92 Å². The van der Waals surface area contributed by atoms with Crippen LogP contribution in [0.4, 0.5) is 0 Å². The summed E-state index contributed by atoms with van der Waals surface area (Å²) in [6.45, 7) is 2.22. The van der Waals surface area contributed by atoms with Gasteiger partial charge in [0, 0.05) is 6.42 Å². The molecule has 0 aromatic carbocycles. The molecule has 0 aliphatic rings. The lowest BCUT2D eigenvalue weighted by Crippen LogP contribution is -2.07. The van der Waals surface area contributed by atoms with Crippen molar-refractivity contribution in [3.05, 3.63) is 23.9 Å². The summed E-state index contributed by atoms with van der Waals surface area (Å²) >= 11 is 0. The van der Waals surface area contributed by atoms with Crippen LogP contribution in [0.25, 0.3) is 0 Å². The van der Waals surface area contributed by atoms with Crippen molar-refractivity contribution in [1.29, 1.82) is 0 Å². The molecule has 0 N–H and O–H groups in total. The van der Waals surface area contributed by atoms with Gasteiger partial charge in [0.2, 0.25) is 5.89 Å². The first kappa shape index (κ1) is 11.2. The number of hydrogen-bond donors (Lipinski definition) is 0. The molecule has 0 atom stereocenters. The molecular weight excluding hydrogens is 226 g/mol. The molecule has 2 aromatic rings. The Balaban J connectivity index is 2.08. The number of rotatable bonds is 4. The van der Waals surface area contributed by atoms with Gasteiger partial charge in [-0.05, 0) is 0 Å². The third kappa shape index (κ3) is 2.47. The zero-order valence-corrected chi connectivity index (χ0v) is 9.45. The fourth-order valence-corrected chi connectivity index (χ4v) is 1.20. The van der Waals surface area contributed by atoms with Gasteiger partial charge in [-0.2, -0.15) is 4.98 Å². The van der Waals surface area contributed by atoms with Crippen LogP contribution in [0, 0.1) is 0 Å². The fourth-order valence-electron chi connectivity index (χ4n) is 1.20. The Morgan fingerprint density at radius 2 is 2.41 bits per heavy atom. The molecule has 0 saturated heterocycles. The molecule has 0 aliphatic carbocycles. The Bertz CT molecular complexity index is 518. The molecule has 2 aromatic heterocycles. The normalized spacial score (nSPS) is 10.5. The number of carbonyl (C=O) groups excluding carboxylic acids is 1. The Morgan fingerprint density at radius 1 is 1.59 bits per heavy atom. The summed E-state index contributed by atoms with van der Waals surface area (Å²) in [7, 11) is 1.27. The molecule has 0 saturated carbocycles. The van der Waals surface area contributed by atoms with Crippen LogP contribution in [0.5, 0.6) is 0 Å². The van der Waals surface area contributed by atoms with Crippen molar-refractivity contribution in [2.75, 3.05) is 7.11 Å². The van der Waals surface area contributed by atoms with Gasteiger partial charge < -0.3 is 9.26 Å². The SMILES string of the molecule is CCc1nc(Cn2cnc(C(=O)OC)n2)no1. The van der Waals surface area contributed by atoms with Crippen LogP contribution in [0.3, 0.4) is 0 Å². The summed E-state index contributed by atoms with van der Waals surface area (Å²) in [5.41, 5.74) is 0. The van der Waals surface area contributed by atoms with Crippen molar-refractivity contribution in [2.24, 2.45) is 0 Å². The molecule has 0 bridgehead atoms. The first-order valence-corrected chi connectivity index (χ1v) is 5.02. The highest BCUT2D eigenvalue weighted by Crippen LogP contribution is 2.00. The second-order valence-corrected chi connectivity index (χ2v) is 3.22. The molecule has 0 amide bonds. The maximum atomic E-state index is 11.1. The number of carbonyl (C=O) groups is 1. The lowest BCUT2D eigenvalue weighted by Gasteiger charge is -1.93. The molecular formula is C9H11N5O3. The van der Waals surface area contributed by atoms with Crippen molar-refractivity contribution in [3.8, 4) is 0 Å². The average molecular weight is 237 g/mol. The van der Waals surface area contributed by atoms with Gasteiger partial charge in [0.25, 0.3) is 5.82 Å². The molecule has 0 spiro atoms. The highest BCUT2D eigenvalue weighted by atomic mass is 16.5. The molecule has 8 nitrogen and oxygen atoms in total. The van der Waals surface area contributed by atoms with Gasteiger partial charge in [0.05, 0.1) is 7.11 Å². The van der Waals surface area contributed by atoms with Gasteiger partial charge in [-0.1, -0.05) is 12.1 Å². The van der Waals surface area contributed by atoms with Gasteiger partial charge in [-0.15, -0.1) is 5.10 Å². The number of hydrogen-bond acceptors (Lipinski definition) is 7. The van der Waals surface area contributed by atoms with E-state index < -0.39 is 5.97 Å². The minimum absolute atomic E-state index is 0.00621. The Hall–Kier alpha value is -2.25. The van der Waals surface area contributed by atoms with E-state index in [2.05, 4.69) is 25.0 Å². The topological polar surface area (TPSA) is 95.9 Å². The predicted octanol–water partition coefficient (Wildman–Crippen LogP) is 0.0584. The van der Waals surface area contributed by atoms with E-state index in [1.165, 1.54) is 18.1 Å². The van der Waals surface area contributed by atoms with E-state index in [0.29, 0.717) is 24.7 Å². The average Bonchev–Trinajstić information content (AvgIpc) is 2.97. The molecule has 17 heavy (non-hydrogen) atoms. The molecule has 2 heterocycles. The minimum atomic E-state index is -0.578. The van der Waals surface area contributed by atoms with E-state index in [1.54, 1.807) is 0 Å². The monoisotopic (exact) mass is 237 g/mol. The van der Waals surface area contributed by atoms with Crippen molar-refractivity contribution in [2.45, 2.75) is 19.9 Å². The summed E-state index contributed by atoms with van der Waals surface area (Å²) < 4.78 is 10.9. The van der Waals surface area contributed by atoms with Crippen molar-refractivity contribution in [3.63, 3.8) is 0 Å². The third-order valence-electron chi connectivity index (χ3n) is 2.02. The van der Waals surface area contributed by atoms with Crippen molar-refractivity contribution in [1.82, 2.24) is 24.9 Å². The standard InChI is InChI=1S/C9H11N5O3/c1-3-7-11-6(13-17-7)4-14-5-10-8(12-14)9(15)16-2/h5H,3-4H2,1-2H3. The van der Waals surface area contributed by atoms with Gasteiger partial charge in [-0.25, -0.2) is 14.5 Å². The third-order valence-corrected chi connectivity index (χ3v) is 2.02. The highest BCUT2D eigenvalue weighted by molar-refractivity contribution is 5.84. The number of esters is 1. The molecule has 0 aliphatic heterocycles. The molecule has 8 heteroatoms. The zero-order chi connectivity index (χ0) is 12.3. The molecule has 90 valence electrons. The van der Waals surface area contributed by atoms with E-state index in [9.17, 15) is 4.79 Å². The quantitative estimate of drug-likeness (QED) is 0.693. The molecule has 2 rings (SSSR count). The maximum absolute atomic E-state index is 11.1. The summed E-state index contributed by atoms with van der Waals surface area (Å²) in [4.78, 5) is 19.0. The second kappa shape index (κ2) is 4.73. The van der Waals surface area contributed by atoms with E-state index in [0.717, 1.165) is 0 Å². The number of nitrogens with zero attached hydrogens (tertiary/aromatic N) is 5. The first-order chi connectivity index (χ1) is 8.22. The van der Waals surface area contributed by atoms with Crippen LogP contribution in [-0.2, 0) is 17.7 Å². The largest absolute Gasteiger partial charge is 0.463 e. The van der Waals surface area contributed by atoms with E-state index >= 15 is 0 Å². The number of methoxy groups -OCH3 is 1. The lowest BCUT2D eigenvalue weighted by atomic mass is 10.5. The van der Waals surface area contributed by atoms with Crippen LogP contribution in [0.1, 0.15) is 29.3 Å². The Morgan fingerprint density at radius 3 is 3.06 bits per heavy atom. The van der Waals surface area contributed by atoms with Crippen molar-refractivity contribution < 1.29 is 14.1 Å². The van der Waals surface area contributed by atoms with Crippen LogP contribution in [0.2, 0.25) is 0 Å². The van der Waals surface area contributed by atoms with Crippen LogP contribution >= 0.6 is 0 Å². The summed E-state index contributed by atoms with van der Waals surface area (Å²) in [6, 6.07) is 0. The molecule has 0 radical (unpaired) electrons. The second-order valence-electron chi connectivity index (χ2n) is 3.22. The Labute approximate surface area is 96.6 Å². The van der Waals surface area contributed by atoms with Crippen LogP contribution in [0.15, 0.2) is 10.9 Å². The summed E-state index contributed by atoms with van der Waals surface area (Å²) in [5.74, 6) is 0.481. The van der Waals surface area contributed by atoms with Gasteiger partial charge in [-0.3, -0.25) is 0 Å². The smallest absolute Gasteiger partial charge is 0.377 e. The van der Waals surface area contributed by atoms with Crippen molar-refractivity contribution >= 4 is 5.97 Å². The highest BCUT2D eigenvalue weighted by Gasteiger charge is 2.12. The number of aryl methyl sites for hydroxylation is 1. The summed E-state index contributed by atoms with van der Waals surface area (Å²) in [5, 5.41) is 7.69. The fraction of sp³-hybridized carbons (Fsp3) is 0.444. The predicted molar refractivity (Wildman–Crippen MR) is 54.1 cm³/mol. The maximum Gasteiger partial charge on any atom is 0.377 e. The molecule has 0 unspecified atom stereocenters. The van der Waals surface area contributed by atoms with Gasteiger partial charge >= 0.3 is 5.97 Å². The lowest BCUT2D eigenvalue weighted by molar-refractivity contribution is 0.0586.